The van der Waals surface area contributed by atoms with Gasteiger partial charge in [-0.3, -0.25) is 0 Å². The van der Waals surface area contributed by atoms with E-state index in [1.807, 2.05) is 53.9 Å². The van der Waals surface area contributed by atoms with Gasteiger partial charge in [0.25, 0.3) is 0 Å². The van der Waals surface area contributed by atoms with E-state index in [9.17, 15) is 0 Å². The van der Waals surface area contributed by atoms with Crippen LogP contribution >= 0.6 is 0 Å². The van der Waals surface area contributed by atoms with Crippen molar-refractivity contribution in [2.45, 2.75) is 38.9 Å². The fourth-order valence-electron chi connectivity index (χ4n) is 1.93. The molecule has 0 bridgehead atoms. The fraction of sp³-hybridized carbons (Fsp3) is 0.667. The minimum Gasteiger partial charge on any atom is -0.476 e. The molecule has 0 unspecified atom stereocenters. The third kappa shape index (κ3) is 3.76. The Morgan fingerprint density at radius 1 is 1.14 bits per heavy atom. The minimum atomic E-state index is -0.377. The third-order valence-electron chi connectivity index (χ3n) is 4.07. The molecule has 1 aliphatic rings. The lowest BCUT2D eigenvalue weighted by molar-refractivity contribution is 0.00578. The molecule has 6 heteroatoms. The summed E-state index contributed by atoms with van der Waals surface area (Å²) in [5.41, 5.74) is 0.241. The highest BCUT2D eigenvalue weighted by Gasteiger charge is 2.51. The van der Waals surface area contributed by atoms with Crippen LogP contribution in [0.2, 0.25) is 0 Å². The molecule has 0 spiro atoms. The molecule has 0 aromatic carbocycles. The number of likely N-dealkylation sites (N-methyl/N-ethyl adjacent to an activating group) is 1. The summed E-state index contributed by atoms with van der Waals surface area (Å²) in [5, 5.41) is 0. The zero-order valence-corrected chi connectivity index (χ0v) is 13.8. The van der Waals surface area contributed by atoms with Crippen molar-refractivity contribution < 1.29 is 14.0 Å². The molecule has 0 radical (unpaired) electrons. The topological polar surface area (TPSA) is 43.8 Å². The smallest absolute Gasteiger partial charge is 0.476 e. The highest BCUT2D eigenvalue weighted by atomic mass is 16.7. The monoisotopic (exact) mass is 292 g/mol. The fourth-order valence-corrected chi connectivity index (χ4v) is 1.93. The van der Waals surface area contributed by atoms with E-state index >= 15 is 0 Å². The van der Waals surface area contributed by atoms with Crippen LogP contribution in [-0.2, 0) is 9.31 Å². The van der Waals surface area contributed by atoms with Crippen LogP contribution in [-0.4, -0.2) is 55.5 Å². The molecule has 0 atom stereocenters. The average Bonchev–Trinajstić information content (AvgIpc) is 2.59. The zero-order chi connectivity index (χ0) is 15.7. The standard InChI is InChI=1S/C15H25BN2O3/c1-14(2)15(3,4)21-16(20-14)12-7-8-13(17-11-12)19-10-9-18(5)6/h7-8,11H,9-10H2,1-6H3. The molecule has 1 saturated heterocycles. The van der Waals surface area contributed by atoms with Gasteiger partial charge in [0.05, 0.1) is 11.2 Å². The number of aromatic nitrogens is 1. The first-order chi connectivity index (χ1) is 9.71. The van der Waals surface area contributed by atoms with Crippen molar-refractivity contribution in [3.8, 4) is 5.88 Å². The molecule has 5 nitrogen and oxygen atoms in total. The third-order valence-corrected chi connectivity index (χ3v) is 4.07. The second-order valence-corrected chi connectivity index (χ2v) is 6.67. The van der Waals surface area contributed by atoms with Crippen molar-refractivity contribution in [1.82, 2.24) is 9.88 Å². The number of rotatable bonds is 5. The van der Waals surface area contributed by atoms with E-state index in [4.69, 9.17) is 14.0 Å². The number of nitrogens with zero attached hydrogens (tertiary/aromatic N) is 2. The maximum Gasteiger partial charge on any atom is 0.496 e. The Morgan fingerprint density at radius 2 is 1.76 bits per heavy atom. The van der Waals surface area contributed by atoms with Gasteiger partial charge in [-0.2, -0.15) is 0 Å². The van der Waals surface area contributed by atoms with Gasteiger partial charge in [-0.05, 0) is 47.9 Å². The predicted octanol–water partition coefficient (Wildman–Crippen LogP) is 1.32. The van der Waals surface area contributed by atoms with Crippen LogP contribution in [0.5, 0.6) is 5.88 Å². The molecule has 0 amide bonds. The Kier molecular flexibility index (Phi) is 4.61. The Bertz CT molecular complexity index is 458. The molecule has 0 saturated carbocycles. The summed E-state index contributed by atoms with van der Waals surface area (Å²) < 4.78 is 17.6. The van der Waals surface area contributed by atoms with E-state index in [0.717, 1.165) is 12.0 Å². The average molecular weight is 292 g/mol. The van der Waals surface area contributed by atoms with Crippen LogP contribution < -0.4 is 10.2 Å². The molecule has 0 aliphatic carbocycles. The van der Waals surface area contributed by atoms with Crippen LogP contribution in [0.1, 0.15) is 27.7 Å². The van der Waals surface area contributed by atoms with Gasteiger partial charge in [-0.1, -0.05) is 6.07 Å². The van der Waals surface area contributed by atoms with Gasteiger partial charge in [0.2, 0.25) is 5.88 Å². The molecular weight excluding hydrogens is 267 g/mol. The second kappa shape index (κ2) is 5.95. The lowest BCUT2D eigenvalue weighted by Crippen LogP contribution is -2.41. The van der Waals surface area contributed by atoms with Crippen molar-refractivity contribution in [2.75, 3.05) is 27.2 Å². The van der Waals surface area contributed by atoms with Gasteiger partial charge >= 0.3 is 7.12 Å². The molecule has 116 valence electrons. The largest absolute Gasteiger partial charge is 0.496 e. The van der Waals surface area contributed by atoms with Gasteiger partial charge in [-0.15, -0.1) is 0 Å². The lowest BCUT2D eigenvalue weighted by atomic mass is 9.80. The van der Waals surface area contributed by atoms with Gasteiger partial charge in [0.15, 0.2) is 0 Å². The Hall–Kier alpha value is -1.11. The van der Waals surface area contributed by atoms with Gasteiger partial charge in [-0.25, -0.2) is 4.98 Å². The van der Waals surface area contributed by atoms with Crippen molar-refractivity contribution in [1.29, 1.82) is 0 Å². The Balaban J connectivity index is 1.97. The first kappa shape index (κ1) is 16.3. The van der Waals surface area contributed by atoms with E-state index in [1.54, 1.807) is 6.20 Å². The molecule has 1 aromatic heterocycles. The molecule has 1 aliphatic heterocycles. The SMILES string of the molecule is CN(C)CCOc1ccc(B2OC(C)(C)C(C)(C)O2)cn1. The van der Waals surface area contributed by atoms with Crippen LogP contribution in [0.15, 0.2) is 18.3 Å². The quantitative estimate of drug-likeness (QED) is 0.766. The maximum atomic E-state index is 5.99. The predicted molar refractivity (Wildman–Crippen MR) is 84.0 cm³/mol. The normalized spacial score (nSPS) is 20.0. The van der Waals surface area contributed by atoms with Crippen LogP contribution in [0.25, 0.3) is 0 Å². The van der Waals surface area contributed by atoms with Crippen molar-refractivity contribution in [3.63, 3.8) is 0 Å². The van der Waals surface area contributed by atoms with Gasteiger partial charge < -0.3 is 18.9 Å². The molecule has 2 heterocycles. The van der Waals surface area contributed by atoms with Crippen molar-refractivity contribution in [3.05, 3.63) is 18.3 Å². The zero-order valence-electron chi connectivity index (χ0n) is 13.8. The van der Waals surface area contributed by atoms with E-state index in [2.05, 4.69) is 9.88 Å². The molecule has 2 rings (SSSR count). The van der Waals surface area contributed by atoms with Crippen molar-refractivity contribution >= 4 is 12.6 Å². The van der Waals surface area contributed by atoms with Crippen molar-refractivity contribution in [2.24, 2.45) is 0 Å². The van der Waals surface area contributed by atoms with E-state index < -0.39 is 0 Å². The van der Waals surface area contributed by atoms with Crippen LogP contribution in [0.3, 0.4) is 0 Å². The summed E-state index contributed by atoms with van der Waals surface area (Å²) in [4.78, 5) is 6.38. The number of hydrogen-bond donors (Lipinski definition) is 0. The number of pyridine rings is 1. The molecular formula is C15H25BN2O3. The minimum absolute atomic E-state index is 0.335. The van der Waals surface area contributed by atoms with Crippen LogP contribution in [0.4, 0.5) is 0 Å². The second-order valence-electron chi connectivity index (χ2n) is 6.67. The molecule has 21 heavy (non-hydrogen) atoms. The molecule has 1 aromatic rings. The maximum absolute atomic E-state index is 5.99. The summed E-state index contributed by atoms with van der Waals surface area (Å²) in [6.07, 6.45) is 1.76. The first-order valence-corrected chi connectivity index (χ1v) is 7.30. The highest BCUT2D eigenvalue weighted by Crippen LogP contribution is 2.36. The Labute approximate surface area is 127 Å². The summed E-state index contributed by atoms with van der Waals surface area (Å²) in [6.45, 7) is 9.65. The highest BCUT2D eigenvalue weighted by molar-refractivity contribution is 6.62. The van der Waals surface area contributed by atoms with Gasteiger partial charge in [0, 0.05) is 18.2 Å². The van der Waals surface area contributed by atoms with E-state index in [1.165, 1.54) is 0 Å². The first-order valence-electron chi connectivity index (χ1n) is 7.30. The Morgan fingerprint density at radius 3 is 2.24 bits per heavy atom. The molecule has 0 N–H and O–H groups in total. The lowest BCUT2D eigenvalue weighted by Gasteiger charge is -2.32. The summed E-state index contributed by atoms with van der Waals surface area (Å²) in [5.74, 6) is 0.622. The number of ether oxygens (including phenoxy) is 1. The summed E-state index contributed by atoms with van der Waals surface area (Å²) >= 11 is 0. The molecule has 1 fully saturated rings. The van der Waals surface area contributed by atoms with E-state index in [0.29, 0.717) is 12.5 Å². The van der Waals surface area contributed by atoms with E-state index in [-0.39, 0.29) is 18.3 Å². The van der Waals surface area contributed by atoms with Gasteiger partial charge in [0.1, 0.15) is 6.61 Å². The van der Waals surface area contributed by atoms with Crippen LogP contribution in [0, 0.1) is 0 Å². The summed E-state index contributed by atoms with van der Waals surface area (Å²) in [6, 6.07) is 3.80. The number of hydrogen-bond acceptors (Lipinski definition) is 5. The summed E-state index contributed by atoms with van der Waals surface area (Å²) in [7, 11) is 3.65.